The van der Waals surface area contributed by atoms with Crippen molar-refractivity contribution in [1.29, 1.82) is 0 Å². The van der Waals surface area contributed by atoms with Crippen molar-refractivity contribution >= 4 is 38.9 Å². The van der Waals surface area contributed by atoms with Gasteiger partial charge in [-0.05, 0) is 91.8 Å². The number of halogens is 2. The molecule has 0 radical (unpaired) electrons. The Labute approximate surface area is 205 Å². The lowest BCUT2D eigenvalue weighted by Gasteiger charge is -2.26. The lowest BCUT2D eigenvalue weighted by molar-refractivity contribution is 0.438. The van der Waals surface area contributed by atoms with Crippen LogP contribution in [0.25, 0.3) is 11.3 Å². The molecule has 33 heavy (non-hydrogen) atoms. The Bertz CT molecular complexity index is 1320. The maximum atomic E-state index is 14.6. The average molecular weight is 522 g/mol. The van der Waals surface area contributed by atoms with Gasteiger partial charge in [-0.2, -0.15) is 0 Å². The van der Waals surface area contributed by atoms with Crippen LogP contribution in [0.2, 0.25) is 0 Å². The molecule has 3 heterocycles. The largest absolute Gasteiger partial charge is 0.459 e. The second-order valence-corrected chi connectivity index (χ2v) is 9.47. The van der Waals surface area contributed by atoms with Crippen molar-refractivity contribution in [3.8, 4) is 11.3 Å². The van der Waals surface area contributed by atoms with Crippen LogP contribution in [0, 0.1) is 19.7 Å². The molecule has 0 bridgehead atoms. The lowest BCUT2D eigenvalue weighted by atomic mass is 10.0. The van der Waals surface area contributed by atoms with Crippen molar-refractivity contribution in [1.82, 2.24) is 10.3 Å². The van der Waals surface area contributed by atoms with Crippen LogP contribution in [-0.4, -0.2) is 10.1 Å². The Morgan fingerprint density at radius 3 is 2.52 bits per heavy atom. The highest BCUT2D eigenvalue weighted by atomic mass is 79.9. The second-order valence-electron chi connectivity index (χ2n) is 8.17. The summed E-state index contributed by atoms with van der Waals surface area (Å²) >= 11 is 9.09. The molecule has 7 heteroatoms. The third-order valence-corrected chi connectivity index (χ3v) is 6.51. The van der Waals surface area contributed by atoms with Crippen LogP contribution in [0.3, 0.4) is 0 Å². The Morgan fingerprint density at radius 2 is 1.82 bits per heavy atom. The molecular weight excluding hydrogens is 501 g/mol. The summed E-state index contributed by atoms with van der Waals surface area (Å²) in [6, 6.07) is 20.3. The SMILES string of the molecule is Cc1cc(C)cc(N2C(=S)N[C@@H](c3ccccn3)[C@H]2c2ccc(-c3ccc(Br)cc3F)o2)c1. The van der Waals surface area contributed by atoms with E-state index in [9.17, 15) is 4.39 Å². The number of nitrogens with zero attached hydrogens (tertiary/aromatic N) is 2. The molecule has 0 amide bonds. The van der Waals surface area contributed by atoms with E-state index in [4.69, 9.17) is 16.6 Å². The molecule has 1 aliphatic rings. The van der Waals surface area contributed by atoms with Crippen LogP contribution in [0.5, 0.6) is 0 Å². The van der Waals surface area contributed by atoms with Gasteiger partial charge in [0.05, 0.1) is 17.3 Å². The number of thiocarbonyl (C=S) groups is 1. The van der Waals surface area contributed by atoms with Crippen molar-refractivity contribution in [3.63, 3.8) is 0 Å². The first kappa shape index (κ1) is 21.8. The van der Waals surface area contributed by atoms with Gasteiger partial charge in [-0.1, -0.05) is 28.1 Å². The summed E-state index contributed by atoms with van der Waals surface area (Å²) in [5.41, 5.74) is 4.52. The highest BCUT2D eigenvalue weighted by molar-refractivity contribution is 9.10. The van der Waals surface area contributed by atoms with Gasteiger partial charge in [0.1, 0.15) is 23.4 Å². The van der Waals surface area contributed by atoms with Crippen LogP contribution in [-0.2, 0) is 0 Å². The average Bonchev–Trinajstić information content (AvgIpc) is 3.38. The summed E-state index contributed by atoms with van der Waals surface area (Å²) < 4.78 is 21.6. The molecule has 0 spiro atoms. The molecule has 2 atom stereocenters. The highest BCUT2D eigenvalue weighted by Gasteiger charge is 2.42. The van der Waals surface area contributed by atoms with Gasteiger partial charge in [-0.3, -0.25) is 4.98 Å². The van der Waals surface area contributed by atoms with Crippen LogP contribution in [0.4, 0.5) is 10.1 Å². The van der Waals surface area contributed by atoms with Crippen molar-refractivity contribution in [2.75, 3.05) is 4.90 Å². The molecule has 2 aromatic carbocycles. The van der Waals surface area contributed by atoms with Gasteiger partial charge in [0.25, 0.3) is 0 Å². The lowest BCUT2D eigenvalue weighted by Crippen LogP contribution is -2.29. The van der Waals surface area contributed by atoms with Crippen LogP contribution >= 0.6 is 28.1 Å². The molecule has 166 valence electrons. The van der Waals surface area contributed by atoms with Gasteiger partial charge >= 0.3 is 0 Å². The fourth-order valence-electron chi connectivity index (χ4n) is 4.36. The van der Waals surface area contributed by atoms with Crippen LogP contribution in [0.15, 0.2) is 81.8 Å². The normalized spacial score (nSPS) is 17.9. The Morgan fingerprint density at radius 1 is 1.03 bits per heavy atom. The molecule has 5 rings (SSSR count). The summed E-state index contributed by atoms with van der Waals surface area (Å²) in [7, 11) is 0. The predicted molar refractivity (Wildman–Crippen MR) is 136 cm³/mol. The summed E-state index contributed by atoms with van der Waals surface area (Å²) in [5.74, 6) is 0.792. The molecular formula is C26H21BrFN3OS. The van der Waals surface area contributed by atoms with E-state index in [0.29, 0.717) is 26.7 Å². The minimum absolute atomic E-state index is 0.228. The first-order chi connectivity index (χ1) is 15.9. The first-order valence-corrected chi connectivity index (χ1v) is 11.7. The summed E-state index contributed by atoms with van der Waals surface area (Å²) in [6.45, 7) is 4.13. The summed E-state index contributed by atoms with van der Waals surface area (Å²) in [5, 5.41) is 4.02. The molecule has 4 nitrogen and oxygen atoms in total. The number of rotatable bonds is 4. The number of pyridine rings is 1. The minimum atomic E-state index is -0.349. The van der Waals surface area contributed by atoms with E-state index in [1.807, 2.05) is 24.3 Å². The monoisotopic (exact) mass is 521 g/mol. The smallest absolute Gasteiger partial charge is 0.174 e. The van der Waals surface area contributed by atoms with Gasteiger partial charge in [-0.25, -0.2) is 4.39 Å². The maximum absolute atomic E-state index is 14.6. The number of anilines is 1. The predicted octanol–water partition coefficient (Wildman–Crippen LogP) is 7.04. The molecule has 1 saturated heterocycles. The van der Waals surface area contributed by atoms with E-state index < -0.39 is 0 Å². The fraction of sp³-hybridized carbons (Fsp3) is 0.154. The molecule has 0 aliphatic carbocycles. The minimum Gasteiger partial charge on any atom is -0.459 e. The maximum Gasteiger partial charge on any atom is 0.174 e. The zero-order valence-corrected chi connectivity index (χ0v) is 20.5. The highest BCUT2D eigenvalue weighted by Crippen LogP contribution is 2.43. The number of hydrogen-bond donors (Lipinski definition) is 1. The van der Waals surface area contributed by atoms with Crippen molar-refractivity contribution in [2.45, 2.75) is 25.9 Å². The quantitative estimate of drug-likeness (QED) is 0.291. The van der Waals surface area contributed by atoms with Crippen molar-refractivity contribution in [3.05, 3.63) is 106 Å². The van der Waals surface area contributed by atoms with Crippen LogP contribution in [0.1, 0.15) is 34.7 Å². The number of aryl methyl sites for hydroxylation is 2. The molecule has 1 aliphatic heterocycles. The summed E-state index contributed by atoms with van der Waals surface area (Å²) in [4.78, 5) is 6.63. The zero-order valence-electron chi connectivity index (χ0n) is 18.0. The number of benzene rings is 2. The fourth-order valence-corrected chi connectivity index (χ4v) is 5.04. The number of furan rings is 1. The second kappa shape index (κ2) is 8.72. The number of nitrogens with one attached hydrogen (secondary N) is 1. The van der Waals surface area contributed by atoms with Gasteiger partial charge < -0.3 is 14.6 Å². The number of aromatic nitrogens is 1. The van der Waals surface area contributed by atoms with E-state index >= 15 is 0 Å². The zero-order chi connectivity index (χ0) is 23.1. The van der Waals surface area contributed by atoms with E-state index in [2.05, 4.69) is 63.2 Å². The Balaban J connectivity index is 1.62. The van der Waals surface area contributed by atoms with Crippen LogP contribution < -0.4 is 10.2 Å². The number of hydrogen-bond acceptors (Lipinski definition) is 3. The first-order valence-electron chi connectivity index (χ1n) is 10.5. The Kier molecular flexibility index (Phi) is 5.76. The third kappa shape index (κ3) is 4.18. The van der Waals surface area contributed by atoms with E-state index in [0.717, 1.165) is 22.5 Å². The van der Waals surface area contributed by atoms with E-state index in [-0.39, 0.29) is 17.9 Å². The topological polar surface area (TPSA) is 41.3 Å². The molecule has 0 unspecified atom stereocenters. The van der Waals surface area contributed by atoms with Crippen molar-refractivity contribution in [2.24, 2.45) is 0 Å². The molecule has 1 fully saturated rings. The molecule has 0 saturated carbocycles. The van der Waals surface area contributed by atoms with E-state index in [1.54, 1.807) is 24.4 Å². The molecule has 4 aromatic rings. The van der Waals surface area contributed by atoms with Gasteiger partial charge in [0.2, 0.25) is 0 Å². The molecule has 1 N–H and O–H groups in total. The van der Waals surface area contributed by atoms with E-state index in [1.165, 1.54) is 6.07 Å². The summed E-state index contributed by atoms with van der Waals surface area (Å²) in [6.07, 6.45) is 1.77. The van der Waals surface area contributed by atoms with Gasteiger partial charge in [-0.15, -0.1) is 0 Å². The van der Waals surface area contributed by atoms with Crippen molar-refractivity contribution < 1.29 is 8.81 Å². The van der Waals surface area contributed by atoms with Gasteiger partial charge in [0.15, 0.2) is 5.11 Å². The van der Waals surface area contributed by atoms with Gasteiger partial charge in [0, 0.05) is 16.4 Å². The molecule has 2 aromatic heterocycles. The standard InChI is InChI=1S/C26H21BrFN3OS/c1-15-11-16(2)13-18(12-15)31-25(24(30-26(31)33)21-5-3-4-10-29-21)23-9-8-22(32-23)19-7-6-17(27)14-20(19)28/h3-14,24-25H,1-2H3,(H,30,33)/t24-,25+/m0/s1. The third-order valence-electron chi connectivity index (χ3n) is 5.70. The Hall–Kier alpha value is -3.03.